The van der Waals surface area contributed by atoms with Gasteiger partial charge < -0.3 is 13.8 Å². The molecule has 2 aromatic carbocycles. The van der Waals surface area contributed by atoms with E-state index in [0.717, 1.165) is 0 Å². The van der Waals surface area contributed by atoms with Crippen LogP contribution in [0, 0.1) is 5.92 Å². The zero-order chi connectivity index (χ0) is 22.4. The topological polar surface area (TPSA) is 78.9 Å². The van der Waals surface area contributed by atoms with E-state index in [-0.39, 0.29) is 18.1 Å². The molecule has 1 fully saturated rings. The molecule has 10 heteroatoms. The van der Waals surface area contributed by atoms with E-state index in [9.17, 15) is 13.0 Å². The minimum atomic E-state index is -4.99. The van der Waals surface area contributed by atoms with E-state index < -0.39 is 46.5 Å². The summed E-state index contributed by atoms with van der Waals surface area (Å²) in [7, 11) is -9.26. The Kier molecular flexibility index (Phi) is 5.85. The van der Waals surface area contributed by atoms with Crippen molar-refractivity contribution >= 4 is 17.4 Å². The Morgan fingerprint density at radius 3 is 2.00 bits per heavy atom. The monoisotopic (exact) mass is 472 g/mol. The van der Waals surface area contributed by atoms with Crippen LogP contribution in [-0.2, 0) is 28.2 Å². The lowest BCUT2D eigenvalue weighted by Gasteiger charge is -2.37. The van der Waals surface area contributed by atoms with E-state index in [0.29, 0.717) is 11.1 Å². The van der Waals surface area contributed by atoms with E-state index in [1.165, 1.54) is 38.1 Å². The van der Waals surface area contributed by atoms with Crippen molar-refractivity contribution in [3.8, 4) is 0 Å². The average Bonchev–Trinajstić information content (AvgIpc) is 3.33. The summed E-state index contributed by atoms with van der Waals surface area (Å²) in [4.78, 5) is -0.0999. The van der Waals surface area contributed by atoms with Gasteiger partial charge in [-0.1, -0.05) is 42.5 Å². The molecule has 0 aliphatic carbocycles. The second kappa shape index (κ2) is 8.05. The van der Waals surface area contributed by atoms with Gasteiger partial charge in [0, 0.05) is 0 Å². The Morgan fingerprint density at radius 1 is 0.935 bits per heavy atom. The highest BCUT2D eigenvalue weighted by atomic mass is 32.2. The van der Waals surface area contributed by atoms with Gasteiger partial charge in [0.15, 0.2) is 9.84 Å². The third-order valence-electron chi connectivity index (χ3n) is 5.68. The van der Waals surface area contributed by atoms with Crippen molar-refractivity contribution in [2.75, 3.05) is 13.2 Å². The molecule has 2 aliphatic rings. The van der Waals surface area contributed by atoms with E-state index in [1.807, 2.05) is 0 Å². The first-order valence-electron chi connectivity index (χ1n) is 9.99. The minimum absolute atomic E-state index is 0.0999. The maximum Gasteiger partial charge on any atom is 0.400 e. The second-order valence-corrected chi connectivity index (χ2v) is 11.6. The van der Waals surface area contributed by atoms with Gasteiger partial charge in [0.2, 0.25) is 0 Å². The summed E-state index contributed by atoms with van der Waals surface area (Å²) < 4.78 is 87.9. The van der Waals surface area contributed by atoms with E-state index in [2.05, 4.69) is 0 Å². The van der Waals surface area contributed by atoms with Gasteiger partial charge in [-0.3, -0.25) is 4.57 Å². The van der Waals surface area contributed by atoms with Crippen LogP contribution >= 0.6 is 7.60 Å². The van der Waals surface area contributed by atoms with E-state index in [1.54, 1.807) is 30.3 Å². The van der Waals surface area contributed by atoms with E-state index in [4.69, 9.17) is 13.8 Å². The number of alkyl halides is 2. The number of sulfone groups is 1. The molecule has 2 bridgehead atoms. The summed E-state index contributed by atoms with van der Waals surface area (Å²) in [5, 5.41) is -1.65. The summed E-state index contributed by atoms with van der Waals surface area (Å²) in [6, 6.07) is 14.1. The molecule has 0 aromatic heterocycles. The third kappa shape index (κ3) is 3.38. The third-order valence-corrected chi connectivity index (χ3v) is 10.1. The molecule has 1 saturated heterocycles. The molecule has 0 saturated carbocycles. The molecule has 4 rings (SSSR count). The van der Waals surface area contributed by atoms with Gasteiger partial charge in [0.1, 0.15) is 11.4 Å². The second-order valence-electron chi connectivity index (χ2n) is 7.38. The summed E-state index contributed by atoms with van der Waals surface area (Å²) in [6.45, 7) is 2.29. The molecule has 6 nitrogen and oxygen atoms in total. The van der Waals surface area contributed by atoms with Crippen molar-refractivity contribution in [1.82, 2.24) is 0 Å². The first kappa shape index (κ1) is 22.6. The molecule has 0 unspecified atom stereocenters. The molecule has 4 atom stereocenters. The largest absolute Gasteiger partial charge is 0.400 e. The van der Waals surface area contributed by atoms with Crippen molar-refractivity contribution < 1.29 is 35.5 Å². The van der Waals surface area contributed by atoms with Crippen LogP contribution in [0.25, 0.3) is 0 Å². The maximum atomic E-state index is 15.9. The van der Waals surface area contributed by atoms with Crippen LogP contribution in [0.3, 0.4) is 0 Å². The predicted octanol–water partition coefficient (Wildman–Crippen LogP) is 5.13. The lowest BCUT2D eigenvalue weighted by Crippen LogP contribution is -2.45. The molecule has 0 amide bonds. The number of hydrogen-bond donors (Lipinski definition) is 0. The number of rotatable bonds is 8. The fourth-order valence-electron chi connectivity index (χ4n) is 4.46. The van der Waals surface area contributed by atoms with Crippen molar-refractivity contribution in [1.29, 1.82) is 0 Å². The highest BCUT2D eigenvalue weighted by molar-refractivity contribution is 7.92. The van der Waals surface area contributed by atoms with Crippen molar-refractivity contribution in [3.05, 3.63) is 65.7 Å². The van der Waals surface area contributed by atoms with Crippen LogP contribution in [-0.4, -0.2) is 32.5 Å². The minimum Gasteiger partial charge on any atom is -0.364 e. The predicted molar refractivity (Wildman–Crippen MR) is 110 cm³/mol. The maximum absolute atomic E-state index is 15.9. The van der Waals surface area contributed by atoms with Gasteiger partial charge >= 0.3 is 13.3 Å². The lowest BCUT2D eigenvalue weighted by atomic mass is 9.83. The Morgan fingerprint density at radius 2 is 1.45 bits per heavy atom. The van der Waals surface area contributed by atoms with Crippen LogP contribution < -0.4 is 0 Å². The fourth-order valence-corrected chi connectivity index (χ4v) is 8.41. The van der Waals surface area contributed by atoms with Crippen LogP contribution in [0.5, 0.6) is 0 Å². The molecular formula is C21H23F2O6PS. The molecule has 31 heavy (non-hydrogen) atoms. The highest BCUT2D eigenvalue weighted by Crippen LogP contribution is 2.72. The highest BCUT2D eigenvalue weighted by Gasteiger charge is 2.72. The summed E-state index contributed by atoms with van der Waals surface area (Å²) in [6.07, 6.45) is -2.37. The van der Waals surface area contributed by atoms with Gasteiger partial charge in [-0.05, 0) is 37.1 Å². The van der Waals surface area contributed by atoms with Crippen molar-refractivity contribution in [2.45, 2.75) is 41.9 Å². The Balaban J connectivity index is 1.90. The van der Waals surface area contributed by atoms with Crippen LogP contribution in [0.15, 0.2) is 59.5 Å². The average molecular weight is 472 g/mol. The Hall–Kier alpha value is -1.64. The first-order chi connectivity index (χ1) is 14.7. The summed E-state index contributed by atoms with van der Waals surface area (Å²) in [5.74, 6) is -1.94. The Labute approximate surface area is 180 Å². The number of ether oxygens (including phenoxy) is 1. The number of halogens is 2. The van der Waals surface area contributed by atoms with Gasteiger partial charge in [0.25, 0.3) is 0 Å². The zero-order valence-corrected chi connectivity index (χ0v) is 18.7. The number of benzene rings is 2. The Bertz CT molecular complexity index is 1100. The first-order valence-corrected chi connectivity index (χ1v) is 13.1. The summed E-state index contributed by atoms with van der Waals surface area (Å²) >= 11 is 0. The number of hydrogen-bond acceptors (Lipinski definition) is 6. The normalized spacial score (nSPS) is 25.5. The number of fused-ring (bicyclic) bond motifs is 5. The van der Waals surface area contributed by atoms with Gasteiger partial charge in [-0.15, -0.1) is 0 Å². The molecule has 0 radical (unpaired) electrons. The lowest BCUT2D eigenvalue weighted by molar-refractivity contribution is -0.0430. The van der Waals surface area contributed by atoms with Gasteiger partial charge in [-0.2, -0.15) is 8.78 Å². The van der Waals surface area contributed by atoms with E-state index >= 15 is 8.78 Å². The van der Waals surface area contributed by atoms with Crippen molar-refractivity contribution in [2.24, 2.45) is 5.92 Å². The van der Waals surface area contributed by atoms with Crippen LogP contribution in [0.4, 0.5) is 8.78 Å². The van der Waals surface area contributed by atoms with Gasteiger partial charge in [0.05, 0.1) is 30.1 Å². The summed E-state index contributed by atoms with van der Waals surface area (Å²) in [5.41, 5.74) is -3.08. The van der Waals surface area contributed by atoms with Crippen LogP contribution in [0.1, 0.15) is 37.2 Å². The molecule has 2 aliphatic heterocycles. The fraction of sp³-hybridized carbons (Fsp3) is 0.429. The van der Waals surface area contributed by atoms with Crippen molar-refractivity contribution in [3.63, 3.8) is 0 Å². The standard InChI is InChI=1S/C21H23F2O6PS/c1-3-27-30(24,28-4-2)21(22,23)17-18-15-12-8-9-13-16(15)19(29-18)20(17)31(25,26)14-10-6-5-7-11-14/h5-13,17-20H,3-4H2,1-2H3/t17-,18-,19+,20+/m0/s1. The van der Waals surface area contributed by atoms with Crippen LogP contribution in [0.2, 0.25) is 0 Å². The molecule has 168 valence electrons. The molecule has 0 N–H and O–H groups in total. The molecule has 2 aromatic rings. The van der Waals surface area contributed by atoms with Gasteiger partial charge in [-0.25, -0.2) is 8.42 Å². The quantitative estimate of drug-likeness (QED) is 0.496. The molecule has 0 spiro atoms. The zero-order valence-electron chi connectivity index (χ0n) is 17.0. The smallest absolute Gasteiger partial charge is 0.364 e. The molecular weight excluding hydrogens is 449 g/mol. The molecule has 2 heterocycles. The SMILES string of the molecule is CCOP(=O)(OCC)C(F)(F)[C@@H]1[C@@H](S(=O)(=O)c2ccccc2)[C@@H]2O[C@H]1c1ccccc12.